The monoisotopic (exact) mass is 431 g/mol. The minimum absolute atomic E-state index is 0. The van der Waals surface area contributed by atoms with Crippen LogP contribution in [0.25, 0.3) is 11.0 Å². The van der Waals surface area contributed by atoms with Crippen LogP contribution in [0.4, 0.5) is 0 Å². The summed E-state index contributed by atoms with van der Waals surface area (Å²) >= 11 is 1.98. The van der Waals surface area contributed by atoms with Crippen molar-refractivity contribution >= 4 is 52.7 Å². The number of aromatic amines is 1. The molecule has 1 aromatic heterocycles. The van der Waals surface area contributed by atoms with Gasteiger partial charge >= 0.3 is 0 Å². The first-order valence-electron chi connectivity index (χ1n) is 7.39. The van der Waals surface area contributed by atoms with E-state index in [1.165, 1.54) is 0 Å². The molecule has 1 saturated heterocycles. The smallest absolute Gasteiger partial charge is 0.191 e. The lowest BCUT2D eigenvalue weighted by molar-refractivity contribution is 0.455. The lowest BCUT2D eigenvalue weighted by Crippen LogP contribution is -2.42. The van der Waals surface area contributed by atoms with Crippen molar-refractivity contribution in [2.24, 2.45) is 10.7 Å². The summed E-state index contributed by atoms with van der Waals surface area (Å²) in [4.78, 5) is 14.6. The number of H-pyrrole nitrogens is 1. The molecule has 0 saturated carbocycles. The molecule has 1 aliphatic rings. The van der Waals surface area contributed by atoms with E-state index in [1.807, 2.05) is 30.0 Å². The molecule has 1 aliphatic heterocycles. The molecule has 0 unspecified atom stereocenters. The molecule has 0 aliphatic carbocycles. The molecular weight excluding hydrogens is 409 g/mol. The second-order valence-corrected chi connectivity index (χ2v) is 6.37. The van der Waals surface area contributed by atoms with Gasteiger partial charge in [0, 0.05) is 37.6 Å². The van der Waals surface area contributed by atoms with Gasteiger partial charge in [-0.15, -0.1) is 24.0 Å². The van der Waals surface area contributed by atoms with Crippen LogP contribution < -0.4 is 5.73 Å². The first kappa shape index (κ1) is 17.4. The number of hydrogen-bond acceptors (Lipinski definition) is 3. The van der Waals surface area contributed by atoms with Crippen LogP contribution in [0.3, 0.4) is 0 Å². The van der Waals surface area contributed by atoms with Gasteiger partial charge in [-0.1, -0.05) is 12.1 Å². The second-order valence-electron chi connectivity index (χ2n) is 5.14. The molecule has 3 rings (SSSR count). The van der Waals surface area contributed by atoms with Crippen molar-refractivity contribution in [1.82, 2.24) is 14.9 Å². The Kier molecular flexibility index (Phi) is 6.81. The Bertz CT molecular complexity index is 588. The number of imidazole rings is 1. The molecule has 2 heterocycles. The van der Waals surface area contributed by atoms with Crippen molar-refractivity contribution < 1.29 is 0 Å². The van der Waals surface area contributed by atoms with Crippen LogP contribution in [0.2, 0.25) is 0 Å². The highest BCUT2D eigenvalue weighted by molar-refractivity contribution is 14.0. The molecule has 0 bridgehead atoms. The molecular formula is C15H22IN5S. The summed E-state index contributed by atoms with van der Waals surface area (Å²) in [6.07, 6.45) is 1.87. The number of aryl methyl sites for hydroxylation is 1. The van der Waals surface area contributed by atoms with E-state index in [2.05, 4.69) is 25.9 Å². The topological polar surface area (TPSA) is 70.3 Å². The quantitative estimate of drug-likeness (QED) is 0.338. The molecule has 120 valence electrons. The number of rotatable bonds is 4. The average molecular weight is 431 g/mol. The number of aromatic nitrogens is 2. The number of para-hydroxylation sites is 2. The molecule has 22 heavy (non-hydrogen) atoms. The largest absolute Gasteiger partial charge is 0.370 e. The molecule has 0 radical (unpaired) electrons. The summed E-state index contributed by atoms with van der Waals surface area (Å²) < 4.78 is 0. The van der Waals surface area contributed by atoms with Crippen molar-refractivity contribution in [2.45, 2.75) is 12.8 Å². The summed E-state index contributed by atoms with van der Waals surface area (Å²) in [5.41, 5.74) is 8.16. The zero-order chi connectivity index (χ0) is 14.5. The van der Waals surface area contributed by atoms with E-state index < -0.39 is 0 Å². The molecule has 1 fully saturated rings. The van der Waals surface area contributed by atoms with Crippen LogP contribution in [-0.4, -0.2) is 52.0 Å². The normalized spacial score (nSPS) is 15.8. The molecule has 0 amide bonds. The summed E-state index contributed by atoms with van der Waals surface area (Å²) in [6.45, 7) is 2.79. The SMILES string of the molecule is I.NC(=NCCCc1nc2ccccc2[nH]1)N1CCSCC1. The Labute approximate surface area is 152 Å². The fraction of sp³-hybridized carbons (Fsp3) is 0.467. The van der Waals surface area contributed by atoms with Crippen LogP contribution in [0.15, 0.2) is 29.3 Å². The number of nitrogens with zero attached hydrogens (tertiary/aromatic N) is 3. The van der Waals surface area contributed by atoms with Gasteiger partial charge in [0.25, 0.3) is 0 Å². The number of thioether (sulfide) groups is 1. The highest BCUT2D eigenvalue weighted by Gasteiger charge is 2.11. The van der Waals surface area contributed by atoms with Gasteiger partial charge in [-0.2, -0.15) is 11.8 Å². The van der Waals surface area contributed by atoms with Gasteiger partial charge in [-0.05, 0) is 18.6 Å². The molecule has 1 aromatic carbocycles. The minimum atomic E-state index is 0. The van der Waals surface area contributed by atoms with Gasteiger partial charge in [-0.3, -0.25) is 4.99 Å². The van der Waals surface area contributed by atoms with Gasteiger partial charge in [0.15, 0.2) is 5.96 Å². The van der Waals surface area contributed by atoms with Crippen LogP contribution in [0, 0.1) is 0 Å². The number of guanidine groups is 1. The summed E-state index contributed by atoms with van der Waals surface area (Å²) in [5.74, 6) is 4.02. The molecule has 2 aromatic rings. The van der Waals surface area contributed by atoms with Crippen molar-refractivity contribution in [3.63, 3.8) is 0 Å². The molecule has 0 spiro atoms. The van der Waals surface area contributed by atoms with Crippen LogP contribution in [0.5, 0.6) is 0 Å². The molecule has 5 nitrogen and oxygen atoms in total. The van der Waals surface area contributed by atoms with Crippen LogP contribution in [-0.2, 0) is 6.42 Å². The van der Waals surface area contributed by atoms with Crippen molar-refractivity contribution in [2.75, 3.05) is 31.1 Å². The predicted octanol–water partition coefficient (Wildman–Crippen LogP) is 2.48. The third-order valence-corrected chi connectivity index (χ3v) is 4.56. The minimum Gasteiger partial charge on any atom is -0.370 e. The fourth-order valence-corrected chi connectivity index (χ4v) is 3.36. The van der Waals surface area contributed by atoms with E-state index in [-0.39, 0.29) is 24.0 Å². The first-order chi connectivity index (χ1) is 10.3. The number of nitrogens with two attached hydrogens (primary N) is 1. The Morgan fingerprint density at radius 2 is 2.09 bits per heavy atom. The fourth-order valence-electron chi connectivity index (χ4n) is 2.46. The molecule has 7 heteroatoms. The lowest BCUT2D eigenvalue weighted by atomic mass is 10.3. The maximum absolute atomic E-state index is 6.03. The second kappa shape index (κ2) is 8.61. The number of benzene rings is 1. The van der Waals surface area contributed by atoms with Gasteiger partial charge in [0.05, 0.1) is 11.0 Å². The maximum Gasteiger partial charge on any atom is 0.191 e. The molecule has 3 N–H and O–H groups in total. The number of aliphatic imine (C=N–C) groups is 1. The van der Waals surface area contributed by atoms with E-state index >= 15 is 0 Å². The summed E-state index contributed by atoms with van der Waals surface area (Å²) in [6, 6.07) is 8.11. The third-order valence-electron chi connectivity index (χ3n) is 3.62. The maximum atomic E-state index is 6.03. The summed E-state index contributed by atoms with van der Waals surface area (Å²) in [5, 5.41) is 0. The highest BCUT2D eigenvalue weighted by Crippen LogP contribution is 2.11. The van der Waals surface area contributed by atoms with Crippen LogP contribution in [0.1, 0.15) is 12.2 Å². The van der Waals surface area contributed by atoms with E-state index in [1.54, 1.807) is 0 Å². The summed E-state index contributed by atoms with van der Waals surface area (Å²) in [7, 11) is 0. The third kappa shape index (κ3) is 4.52. The van der Waals surface area contributed by atoms with Crippen molar-refractivity contribution in [3.8, 4) is 0 Å². The van der Waals surface area contributed by atoms with Crippen molar-refractivity contribution in [1.29, 1.82) is 0 Å². The van der Waals surface area contributed by atoms with E-state index in [9.17, 15) is 0 Å². The first-order valence-corrected chi connectivity index (χ1v) is 8.54. The standard InChI is InChI=1S/C15H21N5S.HI/c16-15(20-8-10-21-11-9-20)17-7-3-6-14-18-12-4-1-2-5-13(12)19-14;/h1-2,4-5H,3,6-11H2,(H2,16,17)(H,18,19);1H. The number of fused-ring (bicyclic) bond motifs is 1. The Hall–Kier alpha value is -0.960. The van der Waals surface area contributed by atoms with Crippen LogP contribution >= 0.6 is 35.7 Å². The zero-order valence-corrected chi connectivity index (χ0v) is 15.6. The van der Waals surface area contributed by atoms with Gasteiger partial charge < -0.3 is 15.6 Å². The average Bonchev–Trinajstić information content (AvgIpc) is 2.95. The number of hydrogen-bond donors (Lipinski definition) is 2. The predicted molar refractivity (Wildman–Crippen MR) is 105 cm³/mol. The van der Waals surface area contributed by atoms with E-state index in [0.717, 1.165) is 60.8 Å². The Morgan fingerprint density at radius 1 is 1.32 bits per heavy atom. The van der Waals surface area contributed by atoms with Gasteiger partial charge in [-0.25, -0.2) is 4.98 Å². The number of halogens is 1. The van der Waals surface area contributed by atoms with Gasteiger partial charge in [0.2, 0.25) is 0 Å². The highest BCUT2D eigenvalue weighted by atomic mass is 127. The van der Waals surface area contributed by atoms with E-state index in [0.29, 0.717) is 5.96 Å². The van der Waals surface area contributed by atoms with E-state index in [4.69, 9.17) is 5.73 Å². The van der Waals surface area contributed by atoms with Gasteiger partial charge in [0.1, 0.15) is 5.82 Å². The molecule has 0 atom stereocenters. The lowest BCUT2D eigenvalue weighted by Gasteiger charge is -2.27. The Morgan fingerprint density at radius 3 is 2.86 bits per heavy atom. The zero-order valence-electron chi connectivity index (χ0n) is 12.5. The van der Waals surface area contributed by atoms with Crippen molar-refractivity contribution in [3.05, 3.63) is 30.1 Å². The Balaban J connectivity index is 0.00000176. The number of nitrogens with one attached hydrogen (secondary N) is 1.